The fourth-order valence-electron chi connectivity index (χ4n) is 4.20. The monoisotopic (exact) mass is 380 g/mol. The van der Waals surface area contributed by atoms with E-state index in [1.54, 1.807) is 0 Å². The summed E-state index contributed by atoms with van der Waals surface area (Å²) in [5.74, 6) is 1.89. The Balaban J connectivity index is 1.55. The number of piperidine rings is 1. The second-order valence-corrected chi connectivity index (χ2v) is 7.98. The maximum atomic E-state index is 13.1. The van der Waals surface area contributed by atoms with E-state index in [1.807, 2.05) is 18.7 Å². The van der Waals surface area contributed by atoms with Gasteiger partial charge in [-0.05, 0) is 76.6 Å². The maximum Gasteiger partial charge on any atom is 0.223 e. The van der Waals surface area contributed by atoms with E-state index in [1.165, 1.54) is 11.1 Å². The van der Waals surface area contributed by atoms with E-state index in [4.69, 9.17) is 9.51 Å². The number of aryl methyl sites for hydroxylation is 4. The topological polar surface area (TPSA) is 75.0 Å². The molecule has 1 atom stereocenters. The van der Waals surface area contributed by atoms with E-state index in [-0.39, 0.29) is 11.9 Å². The van der Waals surface area contributed by atoms with Crippen LogP contribution < -0.4 is 0 Å². The predicted molar refractivity (Wildman–Crippen MR) is 108 cm³/mol. The number of nitrogens with one attached hydrogen (secondary N) is 1. The van der Waals surface area contributed by atoms with Crippen LogP contribution in [0.25, 0.3) is 11.0 Å². The minimum atomic E-state index is 0.0268. The summed E-state index contributed by atoms with van der Waals surface area (Å²) in [6.07, 6.45) is 4.26. The first-order valence-electron chi connectivity index (χ1n) is 10.1. The Hall–Kier alpha value is -2.63. The number of amides is 1. The first-order valence-corrected chi connectivity index (χ1v) is 10.1. The van der Waals surface area contributed by atoms with Crippen LogP contribution in [0.15, 0.2) is 16.7 Å². The summed E-state index contributed by atoms with van der Waals surface area (Å²) in [5.41, 5.74) is 6.44. The number of likely N-dealkylation sites (tertiary alicyclic amines) is 1. The number of aromatic nitrogens is 3. The average molecular weight is 380 g/mol. The van der Waals surface area contributed by atoms with Gasteiger partial charge in [0.2, 0.25) is 5.91 Å². The predicted octanol–water partition coefficient (Wildman–Crippen LogP) is 4.47. The highest BCUT2D eigenvalue weighted by Gasteiger charge is 2.30. The Labute approximate surface area is 165 Å². The lowest BCUT2D eigenvalue weighted by molar-refractivity contribution is -0.135. The van der Waals surface area contributed by atoms with Gasteiger partial charge in [-0.2, -0.15) is 0 Å². The molecule has 1 aromatic carbocycles. The van der Waals surface area contributed by atoms with Crippen LogP contribution in [0.4, 0.5) is 0 Å². The molecule has 4 rings (SSSR count). The summed E-state index contributed by atoms with van der Waals surface area (Å²) in [6.45, 7) is 8.84. The molecule has 6 nitrogen and oxygen atoms in total. The van der Waals surface area contributed by atoms with E-state index >= 15 is 0 Å². The van der Waals surface area contributed by atoms with Crippen LogP contribution in [0.3, 0.4) is 0 Å². The summed E-state index contributed by atoms with van der Waals surface area (Å²) in [5, 5.41) is 3.99. The highest BCUT2D eigenvalue weighted by molar-refractivity contribution is 5.79. The number of hydrogen-bond donors (Lipinski definition) is 1. The number of nitrogens with zero attached hydrogens (tertiary/aromatic N) is 3. The fourth-order valence-corrected chi connectivity index (χ4v) is 4.20. The van der Waals surface area contributed by atoms with E-state index in [9.17, 15) is 4.79 Å². The number of H-pyrrole nitrogens is 1. The van der Waals surface area contributed by atoms with Crippen LogP contribution in [0, 0.1) is 27.7 Å². The molecule has 3 heterocycles. The quantitative estimate of drug-likeness (QED) is 0.724. The Kier molecular flexibility index (Phi) is 4.96. The van der Waals surface area contributed by atoms with Gasteiger partial charge < -0.3 is 14.4 Å². The van der Waals surface area contributed by atoms with Crippen molar-refractivity contribution >= 4 is 16.9 Å². The third kappa shape index (κ3) is 3.43. The fraction of sp³-hybridized carbons (Fsp3) is 0.500. The summed E-state index contributed by atoms with van der Waals surface area (Å²) in [4.78, 5) is 23.4. The van der Waals surface area contributed by atoms with Gasteiger partial charge >= 0.3 is 0 Å². The van der Waals surface area contributed by atoms with Gasteiger partial charge in [-0.1, -0.05) is 5.16 Å². The summed E-state index contributed by atoms with van der Waals surface area (Å²) < 4.78 is 5.23. The summed E-state index contributed by atoms with van der Waals surface area (Å²) >= 11 is 0. The molecule has 6 heteroatoms. The molecule has 1 unspecified atom stereocenters. The van der Waals surface area contributed by atoms with Crippen molar-refractivity contribution < 1.29 is 9.32 Å². The number of fused-ring (bicyclic) bond motifs is 1. The van der Waals surface area contributed by atoms with Gasteiger partial charge in [0.1, 0.15) is 11.6 Å². The van der Waals surface area contributed by atoms with Gasteiger partial charge in [-0.3, -0.25) is 4.79 Å². The maximum absolute atomic E-state index is 13.1. The molecular weight excluding hydrogens is 352 g/mol. The van der Waals surface area contributed by atoms with Crippen molar-refractivity contribution in [3.8, 4) is 0 Å². The second kappa shape index (κ2) is 7.41. The van der Waals surface area contributed by atoms with E-state index in [0.717, 1.165) is 59.7 Å². The zero-order valence-electron chi connectivity index (χ0n) is 17.1. The van der Waals surface area contributed by atoms with Gasteiger partial charge in [0, 0.05) is 18.5 Å². The lowest BCUT2D eigenvalue weighted by atomic mass is 10.00. The molecule has 1 aliphatic heterocycles. The molecule has 1 saturated heterocycles. The number of imidazole rings is 1. The Morgan fingerprint density at radius 2 is 2.00 bits per heavy atom. The van der Waals surface area contributed by atoms with Crippen LogP contribution >= 0.6 is 0 Å². The molecule has 1 N–H and O–H groups in total. The largest absolute Gasteiger partial charge is 0.361 e. The van der Waals surface area contributed by atoms with Gasteiger partial charge in [-0.25, -0.2) is 4.98 Å². The third-order valence-electron chi connectivity index (χ3n) is 6.02. The van der Waals surface area contributed by atoms with Gasteiger partial charge in [0.25, 0.3) is 0 Å². The van der Waals surface area contributed by atoms with Crippen molar-refractivity contribution in [2.45, 2.75) is 65.8 Å². The lowest BCUT2D eigenvalue weighted by Gasteiger charge is -2.34. The van der Waals surface area contributed by atoms with Crippen LogP contribution in [0.1, 0.15) is 65.7 Å². The SMILES string of the molecule is Cc1cc2nc(C3CCCCN3C(=O)CCc3c(C)noc3C)[nH]c2cc1C. The summed E-state index contributed by atoms with van der Waals surface area (Å²) in [6, 6.07) is 4.30. The molecule has 0 radical (unpaired) electrons. The van der Waals surface area contributed by atoms with Crippen LogP contribution in [0.5, 0.6) is 0 Å². The van der Waals surface area contributed by atoms with Gasteiger partial charge in [0.15, 0.2) is 0 Å². The minimum absolute atomic E-state index is 0.0268. The van der Waals surface area contributed by atoms with Crippen LogP contribution in [0.2, 0.25) is 0 Å². The number of aromatic amines is 1. The number of benzene rings is 1. The van der Waals surface area contributed by atoms with Crippen molar-refractivity contribution in [3.05, 3.63) is 46.1 Å². The average Bonchev–Trinajstić information content (AvgIpc) is 3.23. The van der Waals surface area contributed by atoms with Crippen molar-refractivity contribution in [1.29, 1.82) is 0 Å². The third-order valence-corrected chi connectivity index (χ3v) is 6.02. The zero-order chi connectivity index (χ0) is 19.8. The molecule has 0 bridgehead atoms. The number of carbonyl (C=O) groups excluding carboxylic acids is 1. The van der Waals surface area contributed by atoms with Gasteiger partial charge in [0.05, 0.1) is 22.8 Å². The van der Waals surface area contributed by atoms with Crippen molar-refractivity contribution in [1.82, 2.24) is 20.0 Å². The lowest BCUT2D eigenvalue weighted by Crippen LogP contribution is -2.39. The molecule has 28 heavy (non-hydrogen) atoms. The highest BCUT2D eigenvalue weighted by atomic mass is 16.5. The van der Waals surface area contributed by atoms with E-state index in [2.05, 4.69) is 36.1 Å². The molecule has 148 valence electrons. The number of rotatable bonds is 4. The van der Waals surface area contributed by atoms with Crippen LogP contribution in [-0.4, -0.2) is 32.5 Å². The molecule has 2 aromatic heterocycles. The van der Waals surface area contributed by atoms with E-state index < -0.39 is 0 Å². The first-order chi connectivity index (χ1) is 13.4. The highest BCUT2D eigenvalue weighted by Crippen LogP contribution is 2.32. The van der Waals surface area contributed by atoms with Crippen molar-refractivity contribution in [2.24, 2.45) is 0 Å². The Morgan fingerprint density at radius 3 is 2.75 bits per heavy atom. The minimum Gasteiger partial charge on any atom is -0.361 e. The normalized spacial score (nSPS) is 17.4. The molecule has 1 aliphatic rings. The standard InChI is InChI=1S/C22H28N4O2/c1-13-11-18-19(12-14(13)2)24-22(23-18)20-7-5-6-10-26(20)21(27)9-8-17-15(3)25-28-16(17)4/h11-12,20H,5-10H2,1-4H3,(H,23,24). The smallest absolute Gasteiger partial charge is 0.223 e. The molecule has 0 aliphatic carbocycles. The molecule has 1 fully saturated rings. The zero-order valence-corrected chi connectivity index (χ0v) is 17.1. The van der Waals surface area contributed by atoms with Crippen molar-refractivity contribution in [3.63, 3.8) is 0 Å². The number of hydrogen-bond acceptors (Lipinski definition) is 4. The molecule has 3 aromatic rings. The van der Waals surface area contributed by atoms with Gasteiger partial charge in [-0.15, -0.1) is 0 Å². The second-order valence-electron chi connectivity index (χ2n) is 7.98. The molecular formula is C22H28N4O2. The van der Waals surface area contributed by atoms with E-state index in [0.29, 0.717) is 12.8 Å². The molecule has 0 saturated carbocycles. The number of carbonyl (C=O) groups is 1. The first kappa shape index (κ1) is 18.7. The molecule has 1 amide bonds. The van der Waals surface area contributed by atoms with Crippen molar-refractivity contribution in [2.75, 3.05) is 6.54 Å². The summed E-state index contributed by atoms with van der Waals surface area (Å²) in [7, 11) is 0. The Bertz CT molecular complexity index is 959. The van der Waals surface area contributed by atoms with Crippen LogP contribution in [-0.2, 0) is 11.2 Å². The molecule has 0 spiro atoms. The Morgan fingerprint density at radius 1 is 1.21 bits per heavy atom.